The Labute approximate surface area is 200 Å². The van der Waals surface area contributed by atoms with Crippen LogP contribution in [0.1, 0.15) is 11.1 Å². The van der Waals surface area contributed by atoms with Crippen molar-refractivity contribution in [1.82, 2.24) is 0 Å². The van der Waals surface area contributed by atoms with Crippen molar-refractivity contribution in [1.29, 1.82) is 5.26 Å². The van der Waals surface area contributed by atoms with Gasteiger partial charge in [0.2, 0.25) is 0 Å². The van der Waals surface area contributed by atoms with Crippen LogP contribution in [0.5, 0.6) is 5.75 Å². The molecule has 186 valence electrons. The van der Waals surface area contributed by atoms with Crippen molar-refractivity contribution in [2.45, 2.75) is 6.18 Å². The van der Waals surface area contributed by atoms with E-state index in [9.17, 15) is 28.0 Å². The Morgan fingerprint density at radius 1 is 1.11 bits per heavy atom. The molecule has 0 aromatic heterocycles. The summed E-state index contributed by atoms with van der Waals surface area (Å²) in [5, 5.41) is 11.5. The predicted molar refractivity (Wildman–Crippen MR) is 123 cm³/mol. The van der Waals surface area contributed by atoms with Gasteiger partial charge in [-0.3, -0.25) is 4.79 Å². The normalized spacial score (nSPS) is 11.4. The molecule has 0 unspecified atom stereocenters. The summed E-state index contributed by atoms with van der Waals surface area (Å²) in [5.41, 5.74) is -0.124. The first kappa shape index (κ1) is 27.2. The zero-order valence-electron chi connectivity index (χ0n) is 19.3. The van der Waals surface area contributed by atoms with E-state index < -0.39 is 30.2 Å². The lowest BCUT2D eigenvalue weighted by Gasteiger charge is -2.15. The largest absolute Gasteiger partial charge is 0.489 e. The lowest BCUT2D eigenvalue weighted by atomic mass is 10.1. The number of anilines is 2. The number of hydrogen-bond acceptors (Lipinski definition) is 7. The van der Waals surface area contributed by atoms with Crippen LogP contribution in [0.25, 0.3) is 6.08 Å². The summed E-state index contributed by atoms with van der Waals surface area (Å²) in [5.74, 6) is -1.99. The molecule has 0 bridgehead atoms. The predicted octanol–water partition coefficient (Wildman–Crippen LogP) is 3.89. The summed E-state index contributed by atoms with van der Waals surface area (Å²) < 4.78 is 54.3. The fraction of sp³-hybridized carbons (Fsp3) is 0.292. The molecule has 2 aromatic carbocycles. The molecule has 2 aromatic rings. The number of rotatable bonds is 10. The zero-order valence-corrected chi connectivity index (χ0v) is 19.3. The van der Waals surface area contributed by atoms with Crippen molar-refractivity contribution in [3.05, 3.63) is 59.2 Å². The molecule has 0 radical (unpaired) electrons. The van der Waals surface area contributed by atoms with Gasteiger partial charge in [0.15, 0.2) is 6.61 Å². The summed E-state index contributed by atoms with van der Waals surface area (Å²) >= 11 is 0. The molecule has 0 saturated heterocycles. The number of methoxy groups -OCH3 is 1. The van der Waals surface area contributed by atoms with Crippen LogP contribution in [-0.4, -0.2) is 52.9 Å². The van der Waals surface area contributed by atoms with Crippen molar-refractivity contribution in [2.24, 2.45) is 0 Å². The van der Waals surface area contributed by atoms with Gasteiger partial charge in [0.1, 0.15) is 24.0 Å². The van der Waals surface area contributed by atoms with Crippen LogP contribution in [-0.2, 0) is 25.2 Å². The van der Waals surface area contributed by atoms with Crippen molar-refractivity contribution >= 4 is 29.3 Å². The molecular formula is C24H24F3N3O5. The topological polar surface area (TPSA) is 101 Å². The van der Waals surface area contributed by atoms with Gasteiger partial charge in [-0.25, -0.2) is 4.79 Å². The average molecular weight is 491 g/mol. The molecule has 1 amide bonds. The lowest BCUT2D eigenvalue weighted by Crippen LogP contribution is -2.22. The molecule has 0 aliphatic heterocycles. The highest BCUT2D eigenvalue weighted by atomic mass is 19.4. The van der Waals surface area contributed by atoms with E-state index in [4.69, 9.17) is 14.2 Å². The van der Waals surface area contributed by atoms with Crippen LogP contribution in [0.3, 0.4) is 0 Å². The van der Waals surface area contributed by atoms with Crippen LogP contribution in [0.2, 0.25) is 0 Å². The molecule has 11 heteroatoms. The SMILES string of the molecule is COCCOc1ccc(C(F)(F)F)cc1NC(=O)COC(=O)/C(C#N)=C/c1ccc(N(C)C)cc1. The molecule has 8 nitrogen and oxygen atoms in total. The molecule has 1 N–H and O–H groups in total. The number of carbonyl (C=O) groups excluding carboxylic acids is 2. The molecule has 0 aliphatic carbocycles. The Balaban J connectivity index is 2.08. The Kier molecular flexibility index (Phi) is 9.66. The summed E-state index contributed by atoms with van der Waals surface area (Å²) in [6.45, 7) is -0.621. The zero-order chi connectivity index (χ0) is 26.0. The van der Waals surface area contributed by atoms with Gasteiger partial charge in [-0.15, -0.1) is 0 Å². The number of nitriles is 1. The summed E-state index contributed by atoms with van der Waals surface area (Å²) in [4.78, 5) is 26.4. The number of hydrogen-bond donors (Lipinski definition) is 1. The van der Waals surface area contributed by atoms with E-state index in [1.807, 2.05) is 19.0 Å². The van der Waals surface area contributed by atoms with Gasteiger partial charge < -0.3 is 24.4 Å². The van der Waals surface area contributed by atoms with Crippen LogP contribution in [0.4, 0.5) is 24.5 Å². The number of benzene rings is 2. The fourth-order valence-electron chi connectivity index (χ4n) is 2.73. The first-order chi connectivity index (χ1) is 16.5. The number of ether oxygens (including phenoxy) is 3. The number of alkyl halides is 3. The Morgan fingerprint density at radius 2 is 1.80 bits per heavy atom. The van der Waals surface area contributed by atoms with E-state index in [0.717, 1.165) is 17.8 Å². The fourth-order valence-corrected chi connectivity index (χ4v) is 2.73. The summed E-state index contributed by atoms with van der Waals surface area (Å²) in [7, 11) is 5.15. The molecule has 0 spiro atoms. The second-order valence-electron chi connectivity index (χ2n) is 7.33. The molecule has 35 heavy (non-hydrogen) atoms. The van der Waals surface area contributed by atoms with Gasteiger partial charge in [-0.05, 0) is 42.0 Å². The highest BCUT2D eigenvalue weighted by molar-refractivity contribution is 6.00. The van der Waals surface area contributed by atoms with Gasteiger partial charge in [0.25, 0.3) is 5.91 Å². The number of halogens is 3. The molecule has 2 rings (SSSR count). The van der Waals surface area contributed by atoms with E-state index in [1.54, 1.807) is 30.3 Å². The minimum absolute atomic E-state index is 0.0199. The molecule has 0 aliphatic rings. The monoisotopic (exact) mass is 491 g/mol. The third-order valence-electron chi connectivity index (χ3n) is 4.52. The second-order valence-corrected chi connectivity index (χ2v) is 7.33. The van der Waals surface area contributed by atoms with Gasteiger partial charge in [0, 0.05) is 26.9 Å². The Hall–Kier alpha value is -4.04. The Morgan fingerprint density at radius 3 is 2.37 bits per heavy atom. The van der Waals surface area contributed by atoms with Gasteiger partial charge in [-0.1, -0.05) is 12.1 Å². The maximum atomic E-state index is 13.1. The van der Waals surface area contributed by atoms with E-state index in [-0.39, 0.29) is 30.2 Å². The number of amides is 1. The molecule has 0 heterocycles. The highest BCUT2D eigenvalue weighted by Crippen LogP contribution is 2.35. The van der Waals surface area contributed by atoms with Crippen molar-refractivity contribution in [2.75, 3.05) is 51.2 Å². The molecule has 0 saturated carbocycles. The molecule has 0 fully saturated rings. The first-order valence-electron chi connectivity index (χ1n) is 10.2. The Bertz CT molecular complexity index is 1110. The van der Waals surface area contributed by atoms with E-state index in [1.165, 1.54) is 13.2 Å². The van der Waals surface area contributed by atoms with Crippen molar-refractivity contribution < 1.29 is 37.0 Å². The smallest absolute Gasteiger partial charge is 0.416 e. The van der Waals surface area contributed by atoms with Gasteiger partial charge in [-0.2, -0.15) is 18.4 Å². The van der Waals surface area contributed by atoms with Gasteiger partial charge in [0.05, 0.1) is 17.9 Å². The summed E-state index contributed by atoms with van der Waals surface area (Å²) in [6.07, 6.45) is -3.34. The lowest BCUT2D eigenvalue weighted by molar-refractivity contribution is -0.142. The number of nitrogens with zero attached hydrogens (tertiary/aromatic N) is 2. The van der Waals surface area contributed by atoms with Crippen LogP contribution in [0, 0.1) is 11.3 Å². The maximum Gasteiger partial charge on any atom is 0.416 e. The molecular weight excluding hydrogens is 467 g/mol. The van der Waals surface area contributed by atoms with Crippen LogP contribution in [0.15, 0.2) is 48.0 Å². The van der Waals surface area contributed by atoms with Gasteiger partial charge >= 0.3 is 12.1 Å². The van der Waals surface area contributed by atoms with E-state index in [2.05, 4.69) is 5.32 Å². The van der Waals surface area contributed by atoms with E-state index in [0.29, 0.717) is 11.6 Å². The average Bonchev–Trinajstić information content (AvgIpc) is 2.81. The highest BCUT2D eigenvalue weighted by Gasteiger charge is 2.31. The number of nitrogens with one attached hydrogen (secondary N) is 1. The quantitative estimate of drug-likeness (QED) is 0.233. The number of carbonyl (C=O) groups is 2. The first-order valence-corrected chi connectivity index (χ1v) is 10.2. The van der Waals surface area contributed by atoms with Crippen molar-refractivity contribution in [3.8, 4) is 11.8 Å². The van der Waals surface area contributed by atoms with Crippen LogP contribution < -0.4 is 15.0 Å². The second kappa shape index (κ2) is 12.4. The minimum atomic E-state index is -4.64. The standard InChI is InChI=1S/C24H24F3N3O5/c1-30(2)19-7-4-16(5-8-19)12-17(14-28)23(32)35-15-22(31)29-20-13-18(24(25,26)27)6-9-21(20)34-11-10-33-3/h4-9,12-13H,10-11,15H2,1-3H3,(H,29,31)/b17-12+. The molecule has 0 atom stereocenters. The van der Waals surface area contributed by atoms with E-state index >= 15 is 0 Å². The third kappa shape index (κ3) is 8.35. The van der Waals surface area contributed by atoms with Crippen LogP contribution >= 0.6 is 0 Å². The maximum absolute atomic E-state index is 13.1. The third-order valence-corrected chi connectivity index (χ3v) is 4.52. The summed E-state index contributed by atoms with van der Waals surface area (Å²) in [6, 6.07) is 11.3. The van der Waals surface area contributed by atoms with Crippen molar-refractivity contribution in [3.63, 3.8) is 0 Å². The minimum Gasteiger partial charge on any atom is -0.489 e. The number of esters is 1.